The van der Waals surface area contributed by atoms with Crippen molar-refractivity contribution in [2.24, 2.45) is 5.73 Å². The first-order valence-corrected chi connectivity index (χ1v) is 6.56. The van der Waals surface area contributed by atoms with Crippen LogP contribution in [0.15, 0.2) is 42.5 Å². The molecule has 0 radical (unpaired) electrons. The van der Waals surface area contributed by atoms with Crippen LogP contribution in [0.25, 0.3) is 0 Å². The molecule has 0 unspecified atom stereocenters. The first kappa shape index (κ1) is 13.7. The van der Waals surface area contributed by atoms with Gasteiger partial charge in [-0.2, -0.15) is 0 Å². The standard InChI is InChI=1S/C16H21N3/c1-13-5-3-6-14(9-13)11-19(2)12-16-8-4-7-15(10-17)18-16/h3-9H,10-12,17H2,1-2H3. The zero-order valence-electron chi connectivity index (χ0n) is 11.6. The predicted molar refractivity (Wildman–Crippen MR) is 78.5 cm³/mol. The molecule has 2 N–H and O–H groups in total. The number of nitrogens with two attached hydrogens (primary N) is 1. The van der Waals surface area contributed by atoms with Crippen molar-refractivity contribution in [2.45, 2.75) is 26.6 Å². The van der Waals surface area contributed by atoms with Crippen LogP contribution in [0, 0.1) is 6.92 Å². The second-order valence-corrected chi connectivity index (χ2v) is 4.99. The summed E-state index contributed by atoms with van der Waals surface area (Å²) in [6.45, 7) is 4.38. The quantitative estimate of drug-likeness (QED) is 0.892. The molecule has 0 saturated heterocycles. The molecule has 1 aromatic carbocycles. The Labute approximate surface area is 115 Å². The van der Waals surface area contributed by atoms with Gasteiger partial charge >= 0.3 is 0 Å². The zero-order valence-corrected chi connectivity index (χ0v) is 11.6. The molecule has 19 heavy (non-hydrogen) atoms. The van der Waals surface area contributed by atoms with Crippen LogP contribution < -0.4 is 5.73 Å². The van der Waals surface area contributed by atoms with Gasteiger partial charge in [0.2, 0.25) is 0 Å². The van der Waals surface area contributed by atoms with E-state index in [1.54, 1.807) is 0 Å². The Hall–Kier alpha value is -1.71. The number of benzene rings is 1. The summed E-state index contributed by atoms with van der Waals surface area (Å²) in [5.41, 5.74) is 10.3. The number of aryl methyl sites for hydroxylation is 1. The second kappa shape index (κ2) is 6.45. The van der Waals surface area contributed by atoms with Gasteiger partial charge in [0.15, 0.2) is 0 Å². The Morgan fingerprint density at radius 1 is 1.05 bits per heavy atom. The minimum atomic E-state index is 0.495. The van der Waals surface area contributed by atoms with E-state index in [2.05, 4.69) is 48.1 Å². The monoisotopic (exact) mass is 255 g/mol. The van der Waals surface area contributed by atoms with Crippen LogP contribution in [0.1, 0.15) is 22.5 Å². The van der Waals surface area contributed by atoms with Crippen molar-refractivity contribution in [1.29, 1.82) is 0 Å². The van der Waals surface area contributed by atoms with Crippen molar-refractivity contribution in [3.05, 3.63) is 65.0 Å². The molecule has 0 spiro atoms. The average Bonchev–Trinajstić information content (AvgIpc) is 2.38. The molecule has 3 nitrogen and oxygen atoms in total. The molecule has 0 bridgehead atoms. The van der Waals surface area contributed by atoms with E-state index in [1.807, 2.05) is 18.2 Å². The fourth-order valence-electron chi connectivity index (χ4n) is 2.19. The lowest BCUT2D eigenvalue weighted by Gasteiger charge is -2.17. The summed E-state index contributed by atoms with van der Waals surface area (Å²) in [4.78, 5) is 6.79. The third kappa shape index (κ3) is 4.16. The van der Waals surface area contributed by atoms with Crippen molar-refractivity contribution in [2.75, 3.05) is 7.05 Å². The minimum Gasteiger partial charge on any atom is -0.325 e. The van der Waals surface area contributed by atoms with Gasteiger partial charge in [0.1, 0.15) is 0 Å². The van der Waals surface area contributed by atoms with Crippen molar-refractivity contribution in [3.63, 3.8) is 0 Å². The summed E-state index contributed by atoms with van der Waals surface area (Å²) >= 11 is 0. The maximum Gasteiger partial charge on any atom is 0.0547 e. The van der Waals surface area contributed by atoms with Gasteiger partial charge in [0, 0.05) is 19.6 Å². The van der Waals surface area contributed by atoms with Crippen LogP contribution in [-0.2, 0) is 19.6 Å². The molecule has 0 atom stereocenters. The molecule has 1 aromatic heterocycles. The van der Waals surface area contributed by atoms with Gasteiger partial charge in [0.05, 0.1) is 11.4 Å². The highest BCUT2D eigenvalue weighted by molar-refractivity contribution is 5.22. The Bertz CT molecular complexity index is 537. The first-order chi connectivity index (χ1) is 9.17. The SMILES string of the molecule is Cc1cccc(CN(C)Cc2cccc(CN)n2)c1. The third-order valence-corrected chi connectivity index (χ3v) is 3.04. The summed E-state index contributed by atoms with van der Waals surface area (Å²) in [7, 11) is 2.11. The first-order valence-electron chi connectivity index (χ1n) is 6.56. The molecule has 0 fully saturated rings. The Morgan fingerprint density at radius 2 is 1.79 bits per heavy atom. The Kier molecular flexibility index (Phi) is 4.66. The maximum atomic E-state index is 5.61. The van der Waals surface area contributed by atoms with Gasteiger partial charge < -0.3 is 5.73 Å². The molecular formula is C16H21N3. The Morgan fingerprint density at radius 3 is 2.53 bits per heavy atom. The Balaban J connectivity index is 1.98. The number of hydrogen-bond acceptors (Lipinski definition) is 3. The van der Waals surface area contributed by atoms with Crippen molar-refractivity contribution in [3.8, 4) is 0 Å². The largest absolute Gasteiger partial charge is 0.325 e. The number of aromatic nitrogens is 1. The van der Waals surface area contributed by atoms with Gasteiger partial charge in [-0.3, -0.25) is 9.88 Å². The molecule has 0 aliphatic carbocycles. The molecule has 100 valence electrons. The lowest BCUT2D eigenvalue weighted by molar-refractivity contribution is 0.315. The summed E-state index contributed by atoms with van der Waals surface area (Å²) in [6, 6.07) is 14.6. The molecule has 0 saturated carbocycles. The van der Waals surface area contributed by atoms with Crippen LogP contribution >= 0.6 is 0 Å². The highest BCUT2D eigenvalue weighted by atomic mass is 15.1. The van der Waals surface area contributed by atoms with Crippen molar-refractivity contribution in [1.82, 2.24) is 9.88 Å². The number of rotatable bonds is 5. The van der Waals surface area contributed by atoms with Gasteiger partial charge in [-0.1, -0.05) is 35.9 Å². The highest BCUT2D eigenvalue weighted by Gasteiger charge is 2.03. The van der Waals surface area contributed by atoms with E-state index in [4.69, 9.17) is 5.73 Å². The van der Waals surface area contributed by atoms with E-state index in [0.29, 0.717) is 6.54 Å². The molecule has 0 aliphatic heterocycles. The number of pyridine rings is 1. The summed E-state index contributed by atoms with van der Waals surface area (Å²) in [5.74, 6) is 0. The van der Waals surface area contributed by atoms with E-state index in [1.165, 1.54) is 11.1 Å². The summed E-state index contributed by atoms with van der Waals surface area (Å²) < 4.78 is 0. The fourth-order valence-corrected chi connectivity index (χ4v) is 2.19. The zero-order chi connectivity index (χ0) is 13.7. The maximum absolute atomic E-state index is 5.61. The number of nitrogens with zero attached hydrogens (tertiary/aromatic N) is 2. The topological polar surface area (TPSA) is 42.1 Å². The van der Waals surface area contributed by atoms with Crippen LogP contribution in [-0.4, -0.2) is 16.9 Å². The van der Waals surface area contributed by atoms with Crippen molar-refractivity contribution >= 4 is 0 Å². The molecule has 2 aromatic rings. The minimum absolute atomic E-state index is 0.495. The molecular weight excluding hydrogens is 234 g/mol. The van der Waals surface area contributed by atoms with Gasteiger partial charge in [-0.25, -0.2) is 0 Å². The fraction of sp³-hybridized carbons (Fsp3) is 0.312. The lowest BCUT2D eigenvalue weighted by Crippen LogP contribution is -2.18. The summed E-state index contributed by atoms with van der Waals surface area (Å²) in [6.07, 6.45) is 0. The van der Waals surface area contributed by atoms with E-state index < -0.39 is 0 Å². The molecule has 0 amide bonds. The normalized spacial score (nSPS) is 10.9. The van der Waals surface area contributed by atoms with E-state index in [9.17, 15) is 0 Å². The smallest absolute Gasteiger partial charge is 0.0547 e. The van der Waals surface area contributed by atoms with Crippen LogP contribution in [0.2, 0.25) is 0 Å². The number of hydrogen-bond donors (Lipinski definition) is 1. The van der Waals surface area contributed by atoms with E-state index in [0.717, 1.165) is 24.5 Å². The highest BCUT2D eigenvalue weighted by Crippen LogP contribution is 2.09. The molecule has 2 rings (SSSR count). The van der Waals surface area contributed by atoms with Crippen LogP contribution in [0.3, 0.4) is 0 Å². The molecule has 0 aliphatic rings. The average molecular weight is 255 g/mol. The van der Waals surface area contributed by atoms with E-state index in [-0.39, 0.29) is 0 Å². The van der Waals surface area contributed by atoms with Gasteiger partial charge in [-0.15, -0.1) is 0 Å². The van der Waals surface area contributed by atoms with Crippen LogP contribution in [0.4, 0.5) is 0 Å². The molecule has 1 heterocycles. The van der Waals surface area contributed by atoms with Gasteiger partial charge in [-0.05, 0) is 31.7 Å². The lowest BCUT2D eigenvalue weighted by atomic mass is 10.1. The second-order valence-electron chi connectivity index (χ2n) is 4.99. The molecule has 3 heteroatoms. The van der Waals surface area contributed by atoms with Crippen LogP contribution in [0.5, 0.6) is 0 Å². The predicted octanol–water partition coefficient (Wildman–Crippen LogP) is 2.48. The third-order valence-electron chi connectivity index (χ3n) is 3.04. The van der Waals surface area contributed by atoms with Crippen molar-refractivity contribution < 1.29 is 0 Å². The summed E-state index contributed by atoms with van der Waals surface area (Å²) in [5, 5.41) is 0. The van der Waals surface area contributed by atoms with E-state index >= 15 is 0 Å². The van der Waals surface area contributed by atoms with Gasteiger partial charge in [0.25, 0.3) is 0 Å².